The number of rotatable bonds is 0. The SMILES string of the molecule is CC1(C)c2cccc(n2)-c2c(nc(F)c(C(F)(F)F)c2F)Nc2cc(C(F)(F)F)nn2-c2cccc1n2. The van der Waals surface area contributed by atoms with Crippen LogP contribution in [0.3, 0.4) is 0 Å². The first-order valence-corrected chi connectivity index (χ1v) is 10.5. The summed E-state index contributed by atoms with van der Waals surface area (Å²) in [6.07, 6.45) is -10.4. The summed E-state index contributed by atoms with van der Waals surface area (Å²) in [5.74, 6) is -5.67. The zero-order valence-corrected chi connectivity index (χ0v) is 18.8. The van der Waals surface area contributed by atoms with Gasteiger partial charge in [-0.15, -0.1) is 0 Å². The maximum Gasteiger partial charge on any atom is 0.435 e. The molecule has 0 atom stereocenters. The fraction of sp³-hybridized carbons (Fsp3) is 0.217. The van der Waals surface area contributed by atoms with Crippen molar-refractivity contribution in [1.82, 2.24) is 24.7 Å². The van der Waals surface area contributed by atoms with Gasteiger partial charge in [0, 0.05) is 11.5 Å². The molecule has 0 unspecified atom stereocenters. The van der Waals surface area contributed by atoms with Crippen molar-refractivity contribution in [2.45, 2.75) is 31.6 Å². The number of nitrogens with one attached hydrogen (secondary N) is 1. The van der Waals surface area contributed by atoms with Crippen molar-refractivity contribution in [2.24, 2.45) is 0 Å². The van der Waals surface area contributed by atoms with Crippen molar-refractivity contribution in [2.75, 3.05) is 5.32 Å². The largest absolute Gasteiger partial charge is 0.435 e. The Hall–Kier alpha value is -4.10. The van der Waals surface area contributed by atoms with Gasteiger partial charge in [-0.25, -0.2) is 14.4 Å². The number of hydrogen-bond acceptors (Lipinski definition) is 5. The molecule has 5 heterocycles. The average molecular weight is 526 g/mol. The van der Waals surface area contributed by atoms with Crippen LogP contribution in [-0.4, -0.2) is 24.7 Å². The smallest absolute Gasteiger partial charge is 0.324 e. The molecule has 0 amide bonds. The number of pyridine rings is 3. The Morgan fingerprint density at radius 1 is 0.838 bits per heavy atom. The maximum atomic E-state index is 15.4. The molecule has 4 aromatic heterocycles. The van der Waals surface area contributed by atoms with Crippen molar-refractivity contribution in [1.29, 1.82) is 0 Å². The van der Waals surface area contributed by atoms with E-state index < -0.39 is 58.0 Å². The molecule has 37 heavy (non-hydrogen) atoms. The number of nitrogens with zero attached hydrogens (tertiary/aromatic N) is 5. The predicted octanol–water partition coefficient (Wildman–Crippen LogP) is 6.42. The van der Waals surface area contributed by atoms with Gasteiger partial charge in [0.2, 0.25) is 5.95 Å². The molecule has 0 aromatic carbocycles. The van der Waals surface area contributed by atoms with Crippen molar-refractivity contribution >= 4 is 11.6 Å². The number of halogens is 8. The molecular formula is C23H14F8N6. The van der Waals surface area contributed by atoms with Gasteiger partial charge in [0.05, 0.1) is 22.6 Å². The van der Waals surface area contributed by atoms with Crippen LogP contribution in [0.5, 0.6) is 0 Å². The van der Waals surface area contributed by atoms with E-state index in [0.717, 1.165) is 4.68 Å². The predicted molar refractivity (Wildman–Crippen MR) is 114 cm³/mol. The van der Waals surface area contributed by atoms with Crippen molar-refractivity contribution in [3.8, 4) is 17.1 Å². The maximum absolute atomic E-state index is 15.4. The molecule has 0 aliphatic carbocycles. The minimum Gasteiger partial charge on any atom is -0.324 e. The fourth-order valence-corrected chi connectivity index (χ4v) is 3.94. The lowest BCUT2D eigenvalue weighted by Crippen LogP contribution is -2.24. The molecule has 0 radical (unpaired) electrons. The summed E-state index contributed by atoms with van der Waals surface area (Å²) >= 11 is 0. The van der Waals surface area contributed by atoms with Gasteiger partial charge in [-0.05, 0) is 38.1 Å². The zero-order valence-electron chi connectivity index (χ0n) is 18.8. The van der Waals surface area contributed by atoms with E-state index in [0.29, 0.717) is 11.8 Å². The summed E-state index contributed by atoms with van der Waals surface area (Å²) in [7, 11) is 0. The highest BCUT2D eigenvalue weighted by Crippen LogP contribution is 2.42. The third-order valence-corrected chi connectivity index (χ3v) is 5.86. The third-order valence-electron chi connectivity index (χ3n) is 5.86. The molecule has 5 rings (SSSR count). The van der Waals surface area contributed by atoms with E-state index in [1.165, 1.54) is 30.3 Å². The number of aromatic nitrogens is 5. The van der Waals surface area contributed by atoms with Crippen molar-refractivity contribution in [3.63, 3.8) is 0 Å². The van der Waals surface area contributed by atoms with Crippen LogP contribution in [0.15, 0.2) is 42.5 Å². The number of fused-ring (bicyclic) bond motifs is 8. The molecule has 0 saturated carbocycles. The Kier molecular flexibility index (Phi) is 5.28. The zero-order chi connectivity index (χ0) is 26.9. The molecule has 1 aliphatic heterocycles. The monoisotopic (exact) mass is 526 g/mol. The normalized spacial score (nSPS) is 14.6. The van der Waals surface area contributed by atoms with Crippen molar-refractivity contribution < 1.29 is 35.1 Å². The van der Waals surface area contributed by atoms with Crippen LogP contribution in [0.2, 0.25) is 0 Å². The van der Waals surface area contributed by atoms with Crippen molar-refractivity contribution in [3.05, 3.63) is 76.9 Å². The highest BCUT2D eigenvalue weighted by Gasteiger charge is 2.42. The van der Waals surface area contributed by atoms with Crippen LogP contribution in [-0.2, 0) is 17.8 Å². The fourth-order valence-electron chi connectivity index (χ4n) is 3.94. The summed E-state index contributed by atoms with van der Waals surface area (Å²) in [5.41, 5.74) is -5.36. The van der Waals surface area contributed by atoms with Gasteiger partial charge in [0.25, 0.3) is 0 Å². The van der Waals surface area contributed by atoms with Gasteiger partial charge in [0.15, 0.2) is 17.3 Å². The van der Waals surface area contributed by atoms with Gasteiger partial charge >= 0.3 is 12.4 Å². The molecule has 0 saturated heterocycles. The van der Waals surface area contributed by atoms with Crippen LogP contribution >= 0.6 is 0 Å². The highest BCUT2D eigenvalue weighted by molar-refractivity contribution is 5.77. The summed E-state index contributed by atoms with van der Waals surface area (Å²) < 4.78 is 112. The Morgan fingerprint density at radius 2 is 1.49 bits per heavy atom. The molecule has 14 heteroatoms. The second kappa shape index (κ2) is 7.95. The summed E-state index contributed by atoms with van der Waals surface area (Å²) in [5, 5.41) is 5.84. The van der Waals surface area contributed by atoms with Gasteiger partial charge in [-0.2, -0.15) is 40.5 Å². The second-order valence-corrected chi connectivity index (χ2v) is 8.68. The summed E-state index contributed by atoms with van der Waals surface area (Å²) in [6, 6.07) is 9.08. The quantitative estimate of drug-likeness (QED) is 0.212. The molecule has 1 aliphatic rings. The Morgan fingerprint density at radius 3 is 2.14 bits per heavy atom. The lowest BCUT2D eigenvalue weighted by Gasteiger charge is -2.26. The standard InChI is InChI=1S/C23H14F8N6/c1-21(2)11-6-3-5-10(32-11)16-18(24)17(23(29,30)31)19(25)35-20(16)34-15-9-13(22(26,27)28)36-37(15)14-8-4-7-12(21)33-14/h3-9H,1-2H3,(H,34,35). The lowest BCUT2D eigenvalue weighted by atomic mass is 9.84. The lowest BCUT2D eigenvalue weighted by molar-refractivity contribution is -0.143. The molecule has 192 valence electrons. The first-order valence-electron chi connectivity index (χ1n) is 10.5. The van der Waals surface area contributed by atoms with Gasteiger partial charge < -0.3 is 5.32 Å². The molecule has 0 fully saturated rings. The van der Waals surface area contributed by atoms with Gasteiger partial charge in [0.1, 0.15) is 17.2 Å². The Bertz CT molecular complexity index is 1540. The topological polar surface area (TPSA) is 68.5 Å². The number of anilines is 2. The Labute approximate surface area is 203 Å². The minimum atomic E-state index is -5.46. The van der Waals surface area contributed by atoms with E-state index in [1.807, 2.05) is 0 Å². The average Bonchev–Trinajstić information content (AvgIpc) is 3.22. The van der Waals surface area contributed by atoms with Gasteiger partial charge in [-0.3, -0.25) is 4.98 Å². The first-order chi connectivity index (χ1) is 17.2. The van der Waals surface area contributed by atoms with E-state index in [-0.39, 0.29) is 17.2 Å². The van der Waals surface area contributed by atoms with Gasteiger partial charge in [-0.1, -0.05) is 12.1 Å². The molecular weight excluding hydrogens is 512 g/mol. The van der Waals surface area contributed by atoms with Crippen LogP contribution in [0.1, 0.15) is 36.5 Å². The third kappa shape index (κ3) is 4.05. The number of alkyl halides is 6. The van der Waals surface area contributed by atoms with E-state index >= 15 is 4.39 Å². The van der Waals surface area contributed by atoms with Crippen LogP contribution in [0, 0.1) is 11.8 Å². The molecule has 0 spiro atoms. The number of hydrogen-bond donors (Lipinski definition) is 1. The van der Waals surface area contributed by atoms with E-state index in [2.05, 4.69) is 25.4 Å². The Balaban J connectivity index is 1.90. The minimum absolute atomic E-state index is 0.102. The molecule has 4 bridgehead atoms. The van der Waals surface area contributed by atoms with Crippen LogP contribution in [0.25, 0.3) is 17.1 Å². The second-order valence-electron chi connectivity index (χ2n) is 8.68. The molecule has 4 aromatic rings. The van der Waals surface area contributed by atoms with E-state index in [1.54, 1.807) is 19.9 Å². The molecule has 6 nitrogen and oxygen atoms in total. The van der Waals surface area contributed by atoms with Crippen LogP contribution in [0.4, 0.5) is 46.8 Å². The molecule has 1 N–H and O–H groups in total. The highest BCUT2D eigenvalue weighted by atomic mass is 19.4. The van der Waals surface area contributed by atoms with E-state index in [9.17, 15) is 30.7 Å². The van der Waals surface area contributed by atoms with Crippen LogP contribution < -0.4 is 5.32 Å². The summed E-state index contributed by atoms with van der Waals surface area (Å²) in [6.45, 7) is 3.34. The van der Waals surface area contributed by atoms with E-state index in [4.69, 9.17) is 0 Å². The first kappa shape index (κ1) is 24.6. The summed E-state index contributed by atoms with van der Waals surface area (Å²) in [4.78, 5) is 12.0.